The number of hydrogen-bond donors (Lipinski definition) is 2. The fourth-order valence-electron chi connectivity index (χ4n) is 2.78. The Morgan fingerprint density at radius 3 is 2.76 bits per heavy atom. The molecule has 2 fully saturated rings. The van der Waals surface area contributed by atoms with E-state index in [-0.39, 0.29) is 5.60 Å². The molecule has 1 saturated carbocycles. The number of nitrogens with zero attached hydrogens (tertiary/aromatic N) is 2. The van der Waals surface area contributed by atoms with Crippen LogP contribution in [0.15, 0.2) is 4.99 Å². The van der Waals surface area contributed by atoms with Gasteiger partial charge in [-0.3, -0.25) is 9.89 Å². The number of hydrogen-bond acceptors (Lipinski definition) is 3. The van der Waals surface area contributed by atoms with Crippen LogP contribution < -0.4 is 10.6 Å². The molecule has 1 saturated heterocycles. The number of guanidine groups is 1. The lowest BCUT2D eigenvalue weighted by atomic mass is 10.0. The highest BCUT2D eigenvalue weighted by atomic mass is 16.5. The molecule has 0 aromatic carbocycles. The van der Waals surface area contributed by atoms with Crippen molar-refractivity contribution in [1.29, 1.82) is 0 Å². The van der Waals surface area contributed by atoms with E-state index in [2.05, 4.69) is 43.4 Å². The van der Waals surface area contributed by atoms with Gasteiger partial charge in [-0.05, 0) is 53.5 Å². The largest absolute Gasteiger partial charge is 0.373 e. The monoisotopic (exact) mass is 296 g/mol. The Labute approximate surface area is 129 Å². The zero-order valence-electron chi connectivity index (χ0n) is 14.1. The van der Waals surface area contributed by atoms with Gasteiger partial charge in [-0.15, -0.1) is 0 Å². The van der Waals surface area contributed by atoms with Gasteiger partial charge in [0.1, 0.15) is 0 Å². The van der Waals surface area contributed by atoms with Gasteiger partial charge >= 0.3 is 0 Å². The first-order chi connectivity index (χ1) is 10.0. The van der Waals surface area contributed by atoms with Crippen molar-refractivity contribution in [3.63, 3.8) is 0 Å². The highest BCUT2D eigenvalue weighted by molar-refractivity contribution is 5.79. The SMILES string of the molecule is CCNC(=NCC1(C)CCCO1)NCC(C)N(C)C1CC1. The van der Waals surface area contributed by atoms with Gasteiger partial charge in [0.25, 0.3) is 0 Å². The molecule has 0 radical (unpaired) electrons. The first kappa shape index (κ1) is 16.6. The normalized spacial score (nSPS) is 28.0. The lowest BCUT2D eigenvalue weighted by Gasteiger charge is -2.26. The van der Waals surface area contributed by atoms with E-state index in [0.29, 0.717) is 6.04 Å². The minimum absolute atomic E-state index is 0.0707. The van der Waals surface area contributed by atoms with E-state index in [0.717, 1.165) is 51.1 Å². The Kier molecular flexibility index (Phi) is 5.88. The summed E-state index contributed by atoms with van der Waals surface area (Å²) in [7, 11) is 2.22. The molecule has 0 amide bonds. The van der Waals surface area contributed by atoms with Gasteiger partial charge in [-0.2, -0.15) is 0 Å². The molecule has 0 aromatic heterocycles. The van der Waals surface area contributed by atoms with Crippen molar-refractivity contribution in [3.05, 3.63) is 0 Å². The van der Waals surface area contributed by atoms with E-state index >= 15 is 0 Å². The van der Waals surface area contributed by atoms with E-state index in [4.69, 9.17) is 9.73 Å². The van der Waals surface area contributed by atoms with Crippen molar-refractivity contribution in [1.82, 2.24) is 15.5 Å². The number of nitrogens with one attached hydrogen (secondary N) is 2. The Balaban J connectivity index is 1.79. The zero-order chi connectivity index (χ0) is 15.3. The predicted octanol–water partition coefficient (Wildman–Crippen LogP) is 1.59. The first-order valence-electron chi connectivity index (χ1n) is 8.42. The van der Waals surface area contributed by atoms with Gasteiger partial charge < -0.3 is 15.4 Å². The first-order valence-corrected chi connectivity index (χ1v) is 8.42. The Bertz CT molecular complexity index is 348. The fraction of sp³-hybridized carbons (Fsp3) is 0.938. The Morgan fingerprint density at radius 1 is 1.43 bits per heavy atom. The maximum absolute atomic E-state index is 5.80. The van der Waals surface area contributed by atoms with Crippen LogP contribution in [0.25, 0.3) is 0 Å². The van der Waals surface area contributed by atoms with Crippen LogP contribution in [0.2, 0.25) is 0 Å². The number of likely N-dealkylation sites (N-methyl/N-ethyl adjacent to an activating group) is 1. The fourth-order valence-corrected chi connectivity index (χ4v) is 2.78. The van der Waals surface area contributed by atoms with Gasteiger partial charge in [-0.25, -0.2) is 0 Å². The molecule has 0 aromatic rings. The second kappa shape index (κ2) is 7.45. The third kappa shape index (κ3) is 5.15. The van der Waals surface area contributed by atoms with Crippen LogP contribution >= 0.6 is 0 Å². The number of ether oxygens (including phenoxy) is 1. The standard InChI is InChI=1S/C16H32N4O/c1-5-17-15(19-12-16(3)9-6-10-21-16)18-11-13(2)20(4)14-7-8-14/h13-14H,5-12H2,1-4H3,(H2,17,18,19). The molecule has 1 aliphatic carbocycles. The van der Waals surface area contributed by atoms with Crippen LogP contribution in [-0.2, 0) is 4.74 Å². The lowest BCUT2D eigenvalue weighted by molar-refractivity contribution is 0.0283. The van der Waals surface area contributed by atoms with Crippen molar-refractivity contribution >= 4 is 5.96 Å². The average Bonchev–Trinajstić information content (AvgIpc) is 3.23. The highest BCUT2D eigenvalue weighted by Crippen LogP contribution is 2.27. The molecule has 1 heterocycles. The summed E-state index contributed by atoms with van der Waals surface area (Å²) >= 11 is 0. The highest BCUT2D eigenvalue weighted by Gasteiger charge is 2.30. The van der Waals surface area contributed by atoms with Gasteiger partial charge in [-0.1, -0.05) is 0 Å². The van der Waals surface area contributed by atoms with Crippen LogP contribution in [-0.4, -0.2) is 61.8 Å². The molecular formula is C16H32N4O. The molecular weight excluding hydrogens is 264 g/mol. The number of rotatable bonds is 7. The maximum Gasteiger partial charge on any atom is 0.191 e. The summed E-state index contributed by atoms with van der Waals surface area (Å²) in [6.45, 7) is 9.96. The topological polar surface area (TPSA) is 48.9 Å². The molecule has 2 N–H and O–H groups in total. The molecule has 0 bridgehead atoms. The molecule has 5 heteroatoms. The molecule has 122 valence electrons. The summed E-state index contributed by atoms with van der Waals surface area (Å²) in [5, 5.41) is 6.79. The van der Waals surface area contributed by atoms with Crippen molar-refractivity contribution in [2.45, 2.75) is 64.1 Å². The third-order valence-corrected chi connectivity index (χ3v) is 4.60. The van der Waals surface area contributed by atoms with E-state index < -0.39 is 0 Å². The zero-order valence-corrected chi connectivity index (χ0v) is 14.1. The molecule has 5 nitrogen and oxygen atoms in total. The van der Waals surface area contributed by atoms with Crippen molar-refractivity contribution in [3.8, 4) is 0 Å². The molecule has 2 rings (SSSR count). The van der Waals surface area contributed by atoms with E-state index in [1.165, 1.54) is 12.8 Å². The van der Waals surface area contributed by atoms with Crippen LogP contribution in [0.3, 0.4) is 0 Å². The third-order valence-electron chi connectivity index (χ3n) is 4.60. The molecule has 2 unspecified atom stereocenters. The second-order valence-electron chi connectivity index (χ2n) is 6.72. The minimum Gasteiger partial charge on any atom is -0.373 e. The summed E-state index contributed by atoms with van der Waals surface area (Å²) in [5.74, 6) is 0.908. The van der Waals surface area contributed by atoms with Crippen LogP contribution in [0.4, 0.5) is 0 Å². The second-order valence-corrected chi connectivity index (χ2v) is 6.72. The summed E-state index contributed by atoms with van der Waals surface area (Å²) in [4.78, 5) is 7.18. The average molecular weight is 296 g/mol. The Morgan fingerprint density at radius 2 is 2.19 bits per heavy atom. The summed E-state index contributed by atoms with van der Waals surface area (Å²) in [5.41, 5.74) is -0.0707. The molecule has 1 aliphatic heterocycles. The van der Waals surface area contributed by atoms with Gasteiger partial charge in [0.05, 0.1) is 12.1 Å². The molecule has 21 heavy (non-hydrogen) atoms. The lowest BCUT2D eigenvalue weighted by Crippen LogP contribution is -2.46. The van der Waals surface area contributed by atoms with E-state index in [1.54, 1.807) is 0 Å². The summed E-state index contributed by atoms with van der Waals surface area (Å²) in [6.07, 6.45) is 4.96. The number of aliphatic imine (C=N–C) groups is 1. The molecule has 2 aliphatic rings. The summed E-state index contributed by atoms with van der Waals surface area (Å²) in [6, 6.07) is 1.33. The van der Waals surface area contributed by atoms with Gasteiger partial charge in [0.15, 0.2) is 5.96 Å². The van der Waals surface area contributed by atoms with Gasteiger partial charge in [0.2, 0.25) is 0 Å². The Hall–Kier alpha value is -0.810. The smallest absolute Gasteiger partial charge is 0.191 e. The van der Waals surface area contributed by atoms with Crippen LogP contribution in [0.1, 0.15) is 46.5 Å². The minimum atomic E-state index is -0.0707. The molecule has 0 spiro atoms. The van der Waals surface area contributed by atoms with E-state index in [9.17, 15) is 0 Å². The molecule has 2 atom stereocenters. The maximum atomic E-state index is 5.80. The van der Waals surface area contributed by atoms with Crippen molar-refractivity contribution in [2.75, 3.05) is 33.3 Å². The van der Waals surface area contributed by atoms with Crippen LogP contribution in [0, 0.1) is 0 Å². The van der Waals surface area contributed by atoms with Crippen molar-refractivity contribution in [2.24, 2.45) is 4.99 Å². The predicted molar refractivity (Wildman–Crippen MR) is 87.8 cm³/mol. The van der Waals surface area contributed by atoms with Crippen molar-refractivity contribution < 1.29 is 4.74 Å². The van der Waals surface area contributed by atoms with Crippen LogP contribution in [0.5, 0.6) is 0 Å². The quantitative estimate of drug-likeness (QED) is 0.553. The van der Waals surface area contributed by atoms with E-state index in [1.807, 2.05) is 0 Å². The van der Waals surface area contributed by atoms with Gasteiger partial charge in [0, 0.05) is 31.8 Å². The summed E-state index contributed by atoms with van der Waals surface area (Å²) < 4.78 is 5.80.